The Morgan fingerprint density at radius 3 is 2.09 bits per heavy atom. The first-order valence-electron chi connectivity index (χ1n) is 26.8. The summed E-state index contributed by atoms with van der Waals surface area (Å²) in [6.07, 6.45) is 6.05. The summed E-state index contributed by atoms with van der Waals surface area (Å²) in [5, 5.41) is 46.2. The molecular weight excluding hydrogens is 1140 g/mol. The van der Waals surface area contributed by atoms with Crippen LogP contribution in [0.25, 0.3) is 11.2 Å². The fourth-order valence-electron chi connectivity index (χ4n) is 8.66. The molecule has 2 aliphatic heterocycles. The molecule has 0 aromatic carbocycles. The molecule has 0 radical (unpaired) electrons. The van der Waals surface area contributed by atoms with E-state index in [2.05, 4.69) is 34.4 Å². The Hall–Kier alpha value is -2.93. The second-order valence-corrected chi connectivity index (χ2v) is 26.1. The lowest BCUT2D eigenvalue weighted by Gasteiger charge is -2.36. The molecule has 2 aliphatic rings. The monoisotopic (exact) mass is 1220 g/mol. The van der Waals surface area contributed by atoms with Crippen molar-refractivity contribution in [3.63, 3.8) is 0 Å². The first-order valence-corrected chi connectivity index (χ1v) is 32.3. The van der Waals surface area contributed by atoms with Crippen molar-refractivity contribution in [1.82, 2.24) is 30.2 Å². The van der Waals surface area contributed by atoms with E-state index >= 15 is 0 Å². The molecule has 12 atom stereocenters. The quantitative estimate of drug-likeness (QED) is 0.0258. The number of fused-ring (bicyclic) bond motifs is 1. The van der Waals surface area contributed by atoms with Gasteiger partial charge in [0, 0.05) is 43.5 Å². The maximum Gasteiger partial charge on any atom is 0.481 e. The molecule has 12 N–H and O–H groups in total. The van der Waals surface area contributed by atoms with Gasteiger partial charge in [-0.15, -0.1) is 0 Å². The number of anilines is 1. The highest BCUT2D eigenvalue weighted by Crippen LogP contribution is 2.61. The number of phosphoric acid groups is 3. The van der Waals surface area contributed by atoms with Crippen molar-refractivity contribution >= 4 is 74.9 Å². The number of nitrogen functional groups attached to an aromatic ring is 1. The van der Waals surface area contributed by atoms with Gasteiger partial charge in [0.1, 0.15) is 48.1 Å². The Kier molecular flexibility index (Phi) is 29.2. The molecule has 4 rings (SSSR count). The van der Waals surface area contributed by atoms with Gasteiger partial charge in [0.05, 0.1) is 44.3 Å². The number of carbonyl (C=O) groups excluding carboxylic acids is 4. The Bertz CT molecular complexity index is 2420. The van der Waals surface area contributed by atoms with Gasteiger partial charge in [-0.1, -0.05) is 103 Å². The lowest BCUT2D eigenvalue weighted by atomic mass is 9.87. The number of nitrogens with one attached hydrogen (secondary N) is 2. The number of unbranched alkanes of at least 4 members (excludes halogenated alkanes) is 12. The molecule has 0 saturated carbocycles. The van der Waals surface area contributed by atoms with E-state index in [9.17, 15) is 72.9 Å². The second-order valence-electron chi connectivity index (χ2n) is 20.7. The molecule has 4 heterocycles. The number of aromatic nitrogens is 4. The Morgan fingerprint density at radius 1 is 0.838 bits per heavy atom. The fraction of sp³-hybridized carbons (Fsp3) is 0.809. The summed E-state index contributed by atoms with van der Waals surface area (Å²) >= 11 is 0.926. The number of nitrogens with zero attached hydrogens (tertiary/aromatic N) is 4. The van der Waals surface area contributed by atoms with Crippen LogP contribution in [0, 0.1) is 5.41 Å². The minimum atomic E-state index is -5.60. The largest absolute Gasteiger partial charge is 0.481 e. The minimum Gasteiger partial charge on any atom is -0.390 e. The van der Waals surface area contributed by atoms with Gasteiger partial charge in [0.25, 0.3) is 0 Å². The van der Waals surface area contributed by atoms with Crippen molar-refractivity contribution in [1.29, 1.82) is 0 Å². The lowest BCUT2D eigenvalue weighted by molar-refractivity contribution is -0.273. The highest BCUT2D eigenvalue weighted by atomic mass is 32.2. The predicted molar refractivity (Wildman–Crippen MR) is 287 cm³/mol. The molecule has 2 aromatic rings. The molecular formula is C47H82N7O22P3S. The van der Waals surface area contributed by atoms with Crippen LogP contribution in [0.3, 0.4) is 0 Å². The summed E-state index contributed by atoms with van der Waals surface area (Å²) in [5.41, 5.74) is 4.23. The van der Waals surface area contributed by atoms with Gasteiger partial charge in [-0.3, -0.25) is 37.3 Å². The maximum absolute atomic E-state index is 12.8. The van der Waals surface area contributed by atoms with E-state index in [0.29, 0.717) is 6.42 Å². The first kappa shape index (κ1) is 69.6. The fourth-order valence-corrected chi connectivity index (χ4v) is 12.2. The molecule has 2 aromatic heterocycles. The number of hydrogen-bond donors (Lipinski definition) is 11. The van der Waals surface area contributed by atoms with Crippen LogP contribution in [0.15, 0.2) is 12.7 Å². The SMILES string of the molecule is C[C@H](CCCCCCCCCCCCCCCC(=O)CC(=O)SCCNC(=O)CCNC(=O)[C@H](O)C(C)(C)COP(=O)(O)OP(=O)(O)OC[C@H]1O[C@@H](n2cnc3c(N)ncnc32)[C@H](O)[C@@H]1OP(=O)(O)O)O[C@@H]1O[C@@H](C)[C@H](O)C[C@H]1O. The number of ether oxygens (including phenoxy) is 3. The van der Waals surface area contributed by atoms with Crippen LogP contribution in [0.2, 0.25) is 0 Å². The third-order valence-corrected chi connectivity index (χ3v) is 17.2. The highest BCUT2D eigenvalue weighted by molar-refractivity contribution is 8.13. The van der Waals surface area contributed by atoms with Gasteiger partial charge in [-0.05, 0) is 26.7 Å². The van der Waals surface area contributed by atoms with Crippen LogP contribution in [-0.2, 0) is 65.0 Å². The third kappa shape index (κ3) is 24.7. The maximum atomic E-state index is 12.8. The van der Waals surface area contributed by atoms with Crippen LogP contribution >= 0.6 is 35.2 Å². The average Bonchev–Trinajstić information content (AvgIpc) is 3.93. The van der Waals surface area contributed by atoms with Crippen molar-refractivity contribution in [3.05, 3.63) is 12.7 Å². The number of Topliss-reactive ketones (excluding diaryl/α,β-unsaturated/α-hetero) is 1. The molecule has 0 bridgehead atoms. The molecule has 0 aliphatic carbocycles. The van der Waals surface area contributed by atoms with Crippen LogP contribution in [-0.4, -0.2) is 169 Å². The van der Waals surface area contributed by atoms with Crippen molar-refractivity contribution in [2.24, 2.45) is 5.41 Å². The van der Waals surface area contributed by atoms with Crippen molar-refractivity contribution in [2.45, 2.75) is 205 Å². The molecule has 2 saturated heterocycles. The van der Waals surface area contributed by atoms with Gasteiger partial charge in [0.15, 0.2) is 29.1 Å². The van der Waals surface area contributed by atoms with E-state index in [-0.39, 0.29) is 78.2 Å². The van der Waals surface area contributed by atoms with E-state index in [1.54, 1.807) is 6.92 Å². The lowest BCUT2D eigenvalue weighted by Crippen LogP contribution is -2.48. The number of hydrogen-bond acceptors (Lipinski definition) is 23. The summed E-state index contributed by atoms with van der Waals surface area (Å²) in [6.45, 7) is 4.06. The van der Waals surface area contributed by atoms with E-state index in [0.717, 1.165) is 80.4 Å². The number of aliphatic hydroxyl groups excluding tert-OH is 4. The smallest absolute Gasteiger partial charge is 0.390 e. The Balaban J connectivity index is 0.987. The predicted octanol–water partition coefficient (Wildman–Crippen LogP) is 3.74. The van der Waals surface area contributed by atoms with Gasteiger partial charge >= 0.3 is 23.5 Å². The van der Waals surface area contributed by atoms with Crippen molar-refractivity contribution < 1.29 is 105 Å². The number of phosphoric ester groups is 3. The van der Waals surface area contributed by atoms with Crippen molar-refractivity contribution in [3.8, 4) is 0 Å². The number of imidazole rings is 1. The average molecular weight is 1220 g/mol. The van der Waals surface area contributed by atoms with E-state index < -0.39 is 103 Å². The molecule has 2 amide bonds. The van der Waals surface area contributed by atoms with Crippen LogP contribution in [0.5, 0.6) is 0 Å². The standard InChI is InChI=1S/C47H82N7O22P3S/c1-30(72-46-34(57)25-33(56)31(2)73-46)18-16-14-12-10-8-6-5-7-9-11-13-15-17-19-32(55)24-37(59)80-23-22-49-36(58)20-21-50-44(62)41(61)47(3,4)27-71-79(68,69)76-78(66,67)70-26-35-40(75-77(63,64)65)39(60)45(74-35)54-29-53-38-42(48)51-28-52-43(38)54/h28-31,33-35,39-41,45-46,56-57,60-61H,5-27H2,1-4H3,(H,49,58)(H,50,62)(H,66,67)(H,68,69)(H2,48,51,52)(H2,63,64,65)/t30-,31+,33-,34-,35-,39-,40-,41+,45-,46-/m1/s1. The topological polar surface area (TPSA) is 440 Å². The summed E-state index contributed by atoms with van der Waals surface area (Å²) in [7, 11) is -16.5. The summed E-state index contributed by atoms with van der Waals surface area (Å²) < 4.78 is 74.0. The second kappa shape index (κ2) is 33.5. The van der Waals surface area contributed by atoms with Gasteiger partial charge in [-0.25, -0.2) is 28.6 Å². The first-order chi connectivity index (χ1) is 37.6. The van der Waals surface area contributed by atoms with Crippen LogP contribution in [0.4, 0.5) is 5.82 Å². The number of aliphatic hydroxyl groups is 4. The van der Waals surface area contributed by atoms with E-state index in [1.807, 2.05) is 6.92 Å². The number of rotatable bonds is 39. The minimum absolute atomic E-state index is 0.0200. The third-order valence-electron chi connectivity index (χ3n) is 13.2. The zero-order valence-electron chi connectivity index (χ0n) is 45.6. The zero-order valence-corrected chi connectivity index (χ0v) is 49.1. The molecule has 80 heavy (non-hydrogen) atoms. The molecule has 2 fully saturated rings. The number of carbonyl (C=O) groups is 4. The molecule has 458 valence electrons. The molecule has 33 heteroatoms. The summed E-state index contributed by atoms with van der Waals surface area (Å²) in [5.74, 6) is -1.46. The number of thioether (sulfide) groups is 1. The molecule has 0 spiro atoms. The number of ketones is 1. The molecule has 29 nitrogen and oxygen atoms in total. The van der Waals surface area contributed by atoms with Gasteiger partial charge in [-0.2, -0.15) is 4.31 Å². The van der Waals surface area contributed by atoms with E-state index in [1.165, 1.54) is 52.4 Å². The normalized spacial score (nSPS) is 24.0. The highest BCUT2D eigenvalue weighted by Gasteiger charge is 2.50. The Morgan fingerprint density at radius 2 is 1.45 bits per heavy atom. The Labute approximate surface area is 469 Å². The molecule has 2 unspecified atom stereocenters. The van der Waals surface area contributed by atoms with Gasteiger partial charge in [0.2, 0.25) is 11.8 Å². The summed E-state index contributed by atoms with van der Waals surface area (Å²) in [6, 6.07) is 0. The number of amides is 2. The zero-order chi connectivity index (χ0) is 59.3. The number of nitrogens with two attached hydrogens (primary N) is 1. The van der Waals surface area contributed by atoms with Gasteiger partial charge < -0.3 is 70.6 Å². The van der Waals surface area contributed by atoms with Crippen LogP contribution < -0.4 is 16.4 Å². The van der Waals surface area contributed by atoms with Crippen molar-refractivity contribution in [2.75, 3.05) is 37.8 Å². The van der Waals surface area contributed by atoms with Crippen LogP contribution in [0.1, 0.15) is 149 Å². The summed E-state index contributed by atoms with van der Waals surface area (Å²) in [4.78, 5) is 101. The van der Waals surface area contributed by atoms with E-state index in [4.69, 9.17) is 29.0 Å².